The van der Waals surface area contributed by atoms with Crippen LogP contribution in [-0.4, -0.2) is 68.7 Å². The Hall–Kier alpha value is -4.03. The van der Waals surface area contributed by atoms with Gasteiger partial charge in [-0.3, -0.25) is 14.4 Å². The lowest BCUT2D eigenvalue weighted by atomic mass is 10.0. The van der Waals surface area contributed by atoms with Gasteiger partial charge in [0, 0.05) is 62.6 Å². The lowest BCUT2D eigenvalue weighted by molar-refractivity contribution is -0.138. The molecule has 3 N–H and O–H groups in total. The molecule has 1 fully saturated rings. The summed E-state index contributed by atoms with van der Waals surface area (Å²) < 4.78 is 43.3. The van der Waals surface area contributed by atoms with Gasteiger partial charge in [0.25, 0.3) is 0 Å². The van der Waals surface area contributed by atoms with Gasteiger partial charge in [-0.1, -0.05) is 12.1 Å². The quantitative estimate of drug-likeness (QED) is 0.387. The highest BCUT2D eigenvalue weighted by molar-refractivity contribution is 5.92. The number of hydrogen-bond donors (Lipinski definition) is 2. The summed E-state index contributed by atoms with van der Waals surface area (Å²) in [6, 6.07) is 11.4. The van der Waals surface area contributed by atoms with Crippen molar-refractivity contribution in [3.05, 3.63) is 65.5 Å². The van der Waals surface area contributed by atoms with Crippen LogP contribution < -0.4 is 11.1 Å². The van der Waals surface area contributed by atoms with Gasteiger partial charge in [0.2, 0.25) is 11.9 Å². The zero-order valence-electron chi connectivity index (χ0n) is 21.7. The molecule has 0 spiro atoms. The summed E-state index contributed by atoms with van der Waals surface area (Å²) in [6.45, 7) is 3.26. The summed E-state index contributed by atoms with van der Waals surface area (Å²) in [6.07, 6.45) is -2.99. The van der Waals surface area contributed by atoms with E-state index in [1.165, 1.54) is 12.1 Å². The number of rotatable bonds is 6. The van der Waals surface area contributed by atoms with Crippen molar-refractivity contribution in [3.63, 3.8) is 0 Å². The number of carbonyl (C=O) groups excluding carboxylic acids is 1. The van der Waals surface area contributed by atoms with Crippen LogP contribution in [-0.2, 0) is 31.0 Å². The van der Waals surface area contributed by atoms with Gasteiger partial charge in [-0.2, -0.15) is 18.3 Å². The van der Waals surface area contributed by atoms with Crippen LogP contribution in [0.3, 0.4) is 0 Å². The van der Waals surface area contributed by atoms with Crippen molar-refractivity contribution in [1.82, 2.24) is 29.5 Å². The Morgan fingerprint density at radius 2 is 1.82 bits per heavy atom. The van der Waals surface area contributed by atoms with E-state index in [-0.39, 0.29) is 30.2 Å². The van der Waals surface area contributed by atoms with E-state index in [0.717, 1.165) is 35.8 Å². The van der Waals surface area contributed by atoms with Crippen molar-refractivity contribution in [2.75, 3.05) is 44.3 Å². The zero-order chi connectivity index (χ0) is 27.7. The number of aromatic nitrogens is 4. The standard InChI is InChI=1S/C27H29F3N8O/c1-36-7-9-38(10-8-36)16-18-3-5-20(12-22(18)27(28,29)30)33-25(39)14-21-13-24(37(2)35-21)17-4-6-23-19(11-17)15-32-26(31)34-23/h3-6,11-13,15H,7-10,14,16H2,1-2H3,(H,33,39)(H2,31,32,34). The van der Waals surface area contributed by atoms with Crippen molar-refractivity contribution in [3.8, 4) is 11.3 Å². The molecule has 3 heterocycles. The van der Waals surface area contributed by atoms with Crippen molar-refractivity contribution in [2.45, 2.75) is 19.1 Å². The summed E-state index contributed by atoms with van der Waals surface area (Å²) in [5.74, 6) is -0.266. The van der Waals surface area contributed by atoms with E-state index in [4.69, 9.17) is 5.73 Å². The number of benzene rings is 2. The molecule has 204 valence electrons. The number of carbonyl (C=O) groups is 1. The highest BCUT2D eigenvalue weighted by Gasteiger charge is 2.34. The number of nitrogen functional groups attached to an aromatic ring is 1. The van der Waals surface area contributed by atoms with Gasteiger partial charge in [0.15, 0.2) is 0 Å². The molecule has 1 amide bonds. The topological polar surface area (TPSA) is 105 Å². The number of nitrogens with zero attached hydrogens (tertiary/aromatic N) is 6. The molecule has 0 radical (unpaired) electrons. The molecule has 4 aromatic rings. The molecule has 1 saturated heterocycles. The molecule has 9 nitrogen and oxygen atoms in total. The third kappa shape index (κ3) is 6.18. The Morgan fingerprint density at radius 3 is 2.56 bits per heavy atom. The molecule has 2 aromatic heterocycles. The van der Waals surface area contributed by atoms with Crippen LogP contribution >= 0.6 is 0 Å². The van der Waals surface area contributed by atoms with Gasteiger partial charge in [-0.15, -0.1) is 0 Å². The smallest absolute Gasteiger partial charge is 0.368 e. The van der Waals surface area contributed by atoms with Crippen LogP contribution in [0.25, 0.3) is 22.2 Å². The maximum Gasteiger partial charge on any atom is 0.416 e. The maximum atomic E-state index is 13.9. The fourth-order valence-corrected chi connectivity index (χ4v) is 4.76. The molecule has 0 atom stereocenters. The first kappa shape index (κ1) is 26.6. The molecule has 5 rings (SSSR count). The average Bonchev–Trinajstić information content (AvgIpc) is 3.24. The lowest BCUT2D eigenvalue weighted by Crippen LogP contribution is -2.44. The number of nitrogens with two attached hydrogens (primary N) is 1. The van der Waals surface area contributed by atoms with Gasteiger partial charge in [0.1, 0.15) is 0 Å². The van der Waals surface area contributed by atoms with Crippen molar-refractivity contribution in [2.24, 2.45) is 7.05 Å². The molecule has 2 aromatic carbocycles. The summed E-state index contributed by atoms with van der Waals surface area (Å²) >= 11 is 0. The normalized spacial score (nSPS) is 15.1. The molecule has 39 heavy (non-hydrogen) atoms. The van der Waals surface area contributed by atoms with E-state index >= 15 is 0 Å². The largest absolute Gasteiger partial charge is 0.416 e. The minimum absolute atomic E-state index is 0.0918. The van der Waals surface area contributed by atoms with Gasteiger partial charge in [0.05, 0.1) is 28.9 Å². The molecule has 1 aliphatic heterocycles. The van der Waals surface area contributed by atoms with E-state index < -0.39 is 17.6 Å². The number of piperazine rings is 1. The minimum Gasteiger partial charge on any atom is -0.368 e. The van der Waals surface area contributed by atoms with Gasteiger partial charge in [-0.25, -0.2) is 9.97 Å². The second kappa shape index (κ2) is 10.6. The third-order valence-corrected chi connectivity index (χ3v) is 6.86. The van der Waals surface area contributed by atoms with E-state index in [9.17, 15) is 18.0 Å². The summed E-state index contributed by atoms with van der Waals surface area (Å²) in [5, 5.41) is 7.82. The summed E-state index contributed by atoms with van der Waals surface area (Å²) in [4.78, 5) is 25.1. The maximum absolute atomic E-state index is 13.9. The molecule has 0 aliphatic carbocycles. The number of fused-ring (bicyclic) bond motifs is 1. The second-order valence-corrected chi connectivity index (χ2v) is 9.82. The minimum atomic E-state index is -4.53. The number of nitrogens with one attached hydrogen (secondary N) is 1. The first-order valence-electron chi connectivity index (χ1n) is 12.5. The third-order valence-electron chi connectivity index (χ3n) is 6.86. The number of likely N-dealkylation sites (N-methyl/N-ethyl adjacent to an activating group) is 1. The fourth-order valence-electron chi connectivity index (χ4n) is 4.76. The molecular weight excluding hydrogens is 509 g/mol. The Morgan fingerprint density at radius 1 is 1.05 bits per heavy atom. The molecule has 1 aliphatic rings. The Labute approximate surface area is 223 Å². The highest BCUT2D eigenvalue weighted by Crippen LogP contribution is 2.34. The predicted molar refractivity (Wildman–Crippen MR) is 143 cm³/mol. The van der Waals surface area contributed by atoms with Crippen molar-refractivity contribution in [1.29, 1.82) is 0 Å². The Bertz CT molecular complexity index is 1510. The van der Waals surface area contributed by atoms with Gasteiger partial charge >= 0.3 is 6.18 Å². The number of amides is 1. The Balaban J connectivity index is 1.29. The predicted octanol–water partition coefficient (Wildman–Crippen LogP) is 3.56. The average molecular weight is 539 g/mol. The van der Waals surface area contributed by atoms with E-state index in [2.05, 4.69) is 25.3 Å². The molecule has 0 bridgehead atoms. The number of alkyl halides is 3. The highest BCUT2D eigenvalue weighted by atomic mass is 19.4. The van der Waals surface area contributed by atoms with Crippen LogP contribution in [0.4, 0.5) is 24.8 Å². The SMILES string of the molecule is CN1CCN(Cc2ccc(NC(=O)Cc3cc(-c4ccc5nc(N)ncc5c4)n(C)n3)cc2C(F)(F)F)CC1. The van der Waals surface area contributed by atoms with Gasteiger partial charge in [-0.05, 0) is 42.9 Å². The Kier molecular flexibility index (Phi) is 7.23. The van der Waals surface area contributed by atoms with Crippen molar-refractivity contribution < 1.29 is 18.0 Å². The first-order valence-corrected chi connectivity index (χ1v) is 12.5. The van der Waals surface area contributed by atoms with Gasteiger partial charge < -0.3 is 16.0 Å². The lowest BCUT2D eigenvalue weighted by Gasteiger charge is -2.33. The molecule has 12 heteroatoms. The number of aryl methyl sites for hydroxylation is 1. The number of anilines is 2. The molecule has 0 saturated carbocycles. The first-order chi connectivity index (χ1) is 18.5. The monoisotopic (exact) mass is 538 g/mol. The van der Waals surface area contributed by atoms with E-state index in [0.29, 0.717) is 24.3 Å². The summed E-state index contributed by atoms with van der Waals surface area (Å²) in [5.41, 5.74) is 8.02. The van der Waals surface area contributed by atoms with Crippen LogP contribution in [0.2, 0.25) is 0 Å². The van der Waals surface area contributed by atoms with Crippen molar-refractivity contribution >= 4 is 28.4 Å². The molecule has 0 unspecified atom stereocenters. The number of hydrogen-bond acceptors (Lipinski definition) is 7. The fraction of sp³-hybridized carbons (Fsp3) is 0.333. The van der Waals surface area contributed by atoms with E-state index in [1.54, 1.807) is 24.0 Å². The van der Waals surface area contributed by atoms with Crippen LogP contribution in [0.5, 0.6) is 0 Å². The van der Waals surface area contributed by atoms with Crippen LogP contribution in [0.15, 0.2) is 48.7 Å². The van der Waals surface area contributed by atoms with E-state index in [1.807, 2.05) is 30.1 Å². The molecular formula is C27H29F3N8O. The zero-order valence-corrected chi connectivity index (χ0v) is 21.7. The number of halogens is 3. The van der Waals surface area contributed by atoms with Crippen LogP contribution in [0.1, 0.15) is 16.8 Å². The summed E-state index contributed by atoms with van der Waals surface area (Å²) in [7, 11) is 3.76. The van der Waals surface area contributed by atoms with Crippen LogP contribution in [0, 0.1) is 0 Å². The second-order valence-electron chi connectivity index (χ2n) is 9.82.